The number of carbonyl (C=O) groups is 1. The van der Waals surface area contributed by atoms with E-state index < -0.39 is 16.0 Å². The van der Waals surface area contributed by atoms with Crippen molar-refractivity contribution in [2.24, 2.45) is 5.14 Å². The Kier molecular flexibility index (Phi) is 6.25. The van der Waals surface area contributed by atoms with Gasteiger partial charge in [-0.05, 0) is 25.5 Å². The van der Waals surface area contributed by atoms with Gasteiger partial charge in [-0.2, -0.15) is 0 Å². The monoisotopic (exact) mass is 335 g/mol. The minimum atomic E-state index is -3.52. The molecule has 0 amide bonds. The van der Waals surface area contributed by atoms with E-state index in [9.17, 15) is 13.2 Å². The normalized spacial score (nSPS) is 11.2. The highest BCUT2D eigenvalue weighted by atomic mass is 35.5. The molecule has 21 heavy (non-hydrogen) atoms. The number of primary sulfonamides is 1. The molecule has 9 heteroatoms. The lowest BCUT2D eigenvalue weighted by atomic mass is 10.1. The number of halogens is 1. The van der Waals surface area contributed by atoms with Crippen molar-refractivity contribution in [3.8, 4) is 0 Å². The van der Waals surface area contributed by atoms with E-state index in [0.717, 1.165) is 0 Å². The Balaban J connectivity index is 2.87. The number of nitrogens with two attached hydrogens (primary N) is 2. The van der Waals surface area contributed by atoms with Crippen molar-refractivity contribution >= 4 is 39.0 Å². The quantitative estimate of drug-likeness (QED) is 0.390. The Labute approximate surface area is 128 Å². The van der Waals surface area contributed by atoms with Crippen LogP contribution in [0.3, 0.4) is 0 Å². The van der Waals surface area contributed by atoms with Crippen molar-refractivity contribution in [1.82, 2.24) is 0 Å². The molecular formula is C12H18ClN3O4S. The maximum Gasteiger partial charge on any atom is 0.340 e. The molecule has 0 radical (unpaired) electrons. The van der Waals surface area contributed by atoms with Gasteiger partial charge >= 0.3 is 5.97 Å². The molecule has 0 aliphatic carbocycles. The summed E-state index contributed by atoms with van der Waals surface area (Å²) in [6.45, 7) is 2.19. The third-order valence-corrected chi connectivity index (χ3v) is 3.67. The third kappa shape index (κ3) is 5.78. The van der Waals surface area contributed by atoms with Crippen molar-refractivity contribution in [3.63, 3.8) is 0 Å². The van der Waals surface area contributed by atoms with Crippen molar-refractivity contribution < 1.29 is 17.9 Å². The number of benzene rings is 1. The van der Waals surface area contributed by atoms with E-state index in [0.29, 0.717) is 11.4 Å². The van der Waals surface area contributed by atoms with Gasteiger partial charge in [-0.25, -0.2) is 18.4 Å². The fourth-order valence-electron chi connectivity index (χ4n) is 1.66. The van der Waals surface area contributed by atoms with Crippen LogP contribution in [0.4, 0.5) is 11.4 Å². The number of carbonyl (C=O) groups excluding carboxylic acids is 1. The van der Waals surface area contributed by atoms with Crippen molar-refractivity contribution in [2.45, 2.75) is 13.3 Å². The largest absolute Gasteiger partial charge is 0.462 e. The SMILES string of the molecule is CCOC(=O)c1cc(N)cc(Cl)c1NCCCS(N)(=O)=O. The number of rotatable bonds is 7. The van der Waals surface area contributed by atoms with E-state index in [-0.39, 0.29) is 35.9 Å². The first-order valence-electron chi connectivity index (χ1n) is 6.25. The number of hydrogen-bond acceptors (Lipinski definition) is 6. The van der Waals surface area contributed by atoms with E-state index in [1.165, 1.54) is 12.1 Å². The molecule has 0 aromatic heterocycles. The molecule has 0 fully saturated rings. The Hall–Kier alpha value is -1.51. The predicted molar refractivity (Wildman–Crippen MR) is 82.9 cm³/mol. The number of sulfonamides is 1. The Morgan fingerprint density at radius 1 is 1.43 bits per heavy atom. The Morgan fingerprint density at radius 3 is 2.67 bits per heavy atom. The lowest BCUT2D eigenvalue weighted by Gasteiger charge is -2.14. The summed E-state index contributed by atoms with van der Waals surface area (Å²) in [4.78, 5) is 11.9. The molecule has 1 rings (SSSR count). The topological polar surface area (TPSA) is 125 Å². The molecular weight excluding hydrogens is 318 g/mol. The molecule has 0 bridgehead atoms. The van der Waals surface area contributed by atoms with Gasteiger partial charge in [-0.3, -0.25) is 0 Å². The van der Waals surface area contributed by atoms with Crippen LogP contribution >= 0.6 is 11.6 Å². The number of nitrogens with one attached hydrogen (secondary N) is 1. The molecule has 0 saturated carbocycles. The van der Waals surface area contributed by atoms with Gasteiger partial charge in [-0.1, -0.05) is 11.6 Å². The van der Waals surface area contributed by atoms with Crippen molar-refractivity contribution in [2.75, 3.05) is 30.0 Å². The zero-order valence-corrected chi connectivity index (χ0v) is 13.1. The fourth-order valence-corrected chi connectivity index (χ4v) is 2.51. The van der Waals surface area contributed by atoms with Crippen LogP contribution in [-0.4, -0.2) is 33.3 Å². The second-order valence-corrected chi connectivity index (χ2v) is 6.43. The first-order valence-corrected chi connectivity index (χ1v) is 8.34. The first-order chi connectivity index (χ1) is 9.74. The first kappa shape index (κ1) is 17.5. The summed E-state index contributed by atoms with van der Waals surface area (Å²) in [5.74, 6) is -0.720. The number of ether oxygens (including phenoxy) is 1. The number of nitrogen functional groups attached to an aromatic ring is 1. The summed E-state index contributed by atoms with van der Waals surface area (Å²) in [6, 6.07) is 2.94. The highest BCUT2D eigenvalue weighted by Crippen LogP contribution is 2.29. The summed E-state index contributed by atoms with van der Waals surface area (Å²) < 4.78 is 26.6. The van der Waals surface area contributed by atoms with Crippen molar-refractivity contribution in [1.29, 1.82) is 0 Å². The molecule has 0 heterocycles. The maximum atomic E-state index is 11.9. The van der Waals surface area contributed by atoms with Gasteiger partial charge in [-0.15, -0.1) is 0 Å². The average molecular weight is 336 g/mol. The third-order valence-electron chi connectivity index (χ3n) is 2.52. The minimum absolute atomic E-state index is 0.165. The van der Waals surface area contributed by atoms with Crippen molar-refractivity contribution in [3.05, 3.63) is 22.7 Å². The maximum absolute atomic E-state index is 11.9. The summed E-state index contributed by atoms with van der Waals surface area (Å²) in [5.41, 5.74) is 6.56. The van der Waals surface area contributed by atoms with Gasteiger partial charge in [0.15, 0.2) is 0 Å². The average Bonchev–Trinajstić information content (AvgIpc) is 2.34. The van der Waals surface area contributed by atoms with Gasteiger partial charge in [0.2, 0.25) is 10.0 Å². The van der Waals surface area contributed by atoms with Crippen LogP contribution in [0.2, 0.25) is 5.02 Å². The second-order valence-electron chi connectivity index (χ2n) is 4.29. The molecule has 0 saturated heterocycles. The molecule has 0 unspecified atom stereocenters. The summed E-state index contributed by atoms with van der Waals surface area (Å²) in [7, 11) is -3.52. The fraction of sp³-hybridized carbons (Fsp3) is 0.417. The molecule has 0 aliphatic heterocycles. The van der Waals surface area contributed by atoms with Gasteiger partial charge < -0.3 is 15.8 Å². The Morgan fingerprint density at radius 2 is 2.10 bits per heavy atom. The summed E-state index contributed by atoms with van der Waals surface area (Å²) in [6.07, 6.45) is 0.280. The van der Waals surface area contributed by atoms with Crippen LogP contribution in [0.15, 0.2) is 12.1 Å². The molecule has 0 atom stereocenters. The van der Waals surface area contributed by atoms with E-state index in [4.69, 9.17) is 27.2 Å². The lowest BCUT2D eigenvalue weighted by molar-refractivity contribution is 0.0527. The number of esters is 1. The molecule has 1 aromatic rings. The van der Waals surface area contributed by atoms with Gasteiger partial charge in [0.05, 0.1) is 28.6 Å². The standard InChI is InChI=1S/C12H18ClN3O4S/c1-2-20-12(17)9-6-8(14)7-10(13)11(9)16-4-3-5-21(15,18)19/h6-7,16H,2-5,14H2,1H3,(H2,15,18,19). The highest BCUT2D eigenvalue weighted by Gasteiger charge is 2.16. The van der Waals surface area contributed by atoms with Crippen LogP contribution in [0.25, 0.3) is 0 Å². The zero-order chi connectivity index (χ0) is 16.0. The van der Waals surface area contributed by atoms with Crippen LogP contribution in [0, 0.1) is 0 Å². The van der Waals surface area contributed by atoms with E-state index >= 15 is 0 Å². The molecule has 0 aliphatic rings. The molecule has 0 spiro atoms. The number of hydrogen-bond donors (Lipinski definition) is 3. The van der Waals surface area contributed by atoms with E-state index in [1.807, 2.05) is 0 Å². The molecule has 118 valence electrons. The van der Waals surface area contributed by atoms with Crippen LogP contribution in [0.5, 0.6) is 0 Å². The predicted octanol–water partition coefficient (Wildman–Crippen LogP) is 1.19. The molecule has 7 nitrogen and oxygen atoms in total. The zero-order valence-electron chi connectivity index (χ0n) is 11.6. The van der Waals surface area contributed by atoms with Gasteiger partial charge in [0, 0.05) is 12.2 Å². The summed E-state index contributed by atoms with van der Waals surface area (Å²) in [5, 5.41) is 8.08. The van der Waals surface area contributed by atoms with E-state index in [1.54, 1.807) is 6.92 Å². The van der Waals surface area contributed by atoms with Crippen LogP contribution in [-0.2, 0) is 14.8 Å². The second kappa shape index (κ2) is 7.48. The number of anilines is 2. The lowest BCUT2D eigenvalue weighted by Crippen LogP contribution is -2.19. The Bertz CT molecular complexity index is 619. The van der Waals surface area contributed by atoms with Crippen LogP contribution in [0.1, 0.15) is 23.7 Å². The molecule has 1 aromatic carbocycles. The molecule has 5 N–H and O–H groups in total. The highest BCUT2D eigenvalue weighted by molar-refractivity contribution is 7.89. The minimum Gasteiger partial charge on any atom is -0.462 e. The van der Waals surface area contributed by atoms with Gasteiger partial charge in [0.25, 0.3) is 0 Å². The van der Waals surface area contributed by atoms with Gasteiger partial charge in [0.1, 0.15) is 0 Å². The summed E-state index contributed by atoms with van der Waals surface area (Å²) >= 11 is 6.05. The van der Waals surface area contributed by atoms with E-state index in [2.05, 4.69) is 5.32 Å². The smallest absolute Gasteiger partial charge is 0.340 e. The van der Waals surface area contributed by atoms with Crippen LogP contribution < -0.4 is 16.2 Å².